The number of thioether (sulfide) groups is 1. The molecular weight excluding hydrogens is 346 g/mol. The summed E-state index contributed by atoms with van der Waals surface area (Å²) < 4.78 is 0. The first kappa shape index (κ1) is 17.1. The molecule has 0 radical (unpaired) electrons. The molecule has 2 aliphatic heterocycles. The summed E-state index contributed by atoms with van der Waals surface area (Å²) in [6.45, 7) is 0. The van der Waals surface area contributed by atoms with Crippen molar-refractivity contribution in [2.45, 2.75) is 42.0 Å². The average molecular weight is 372 g/mol. The Hall–Kier alpha value is -2.03. The van der Waals surface area contributed by atoms with Crippen LogP contribution in [0.1, 0.15) is 30.4 Å². The molecule has 27 heavy (non-hydrogen) atoms. The van der Waals surface area contributed by atoms with E-state index in [4.69, 9.17) is 0 Å². The van der Waals surface area contributed by atoms with Crippen molar-refractivity contribution in [3.63, 3.8) is 0 Å². The molecule has 2 bridgehead atoms. The van der Waals surface area contributed by atoms with Gasteiger partial charge in [0.25, 0.3) is 0 Å². The van der Waals surface area contributed by atoms with Crippen LogP contribution >= 0.6 is 11.8 Å². The van der Waals surface area contributed by atoms with E-state index < -0.39 is 0 Å². The Bertz CT molecular complexity index is 1000. The van der Waals surface area contributed by atoms with E-state index in [0.717, 1.165) is 11.8 Å². The van der Waals surface area contributed by atoms with Crippen LogP contribution in [0.5, 0.6) is 0 Å². The van der Waals surface area contributed by atoms with Gasteiger partial charge >= 0.3 is 0 Å². The Labute approximate surface area is 166 Å². The molecule has 0 N–H and O–H groups in total. The van der Waals surface area contributed by atoms with Crippen LogP contribution in [0.25, 0.3) is 16.3 Å². The Morgan fingerprint density at radius 2 is 1.74 bits per heavy atom. The largest absolute Gasteiger partial charge is 0.297 e. The van der Waals surface area contributed by atoms with E-state index in [1.54, 1.807) is 5.57 Å². The Morgan fingerprint density at radius 3 is 2.67 bits per heavy atom. The first-order valence-corrected chi connectivity index (χ1v) is 10.9. The molecule has 0 spiro atoms. The third-order valence-electron chi connectivity index (χ3n) is 6.24. The van der Waals surface area contributed by atoms with Crippen molar-refractivity contribution in [1.82, 2.24) is 4.90 Å². The van der Waals surface area contributed by atoms with Gasteiger partial charge in [-0.15, -0.1) is 11.8 Å². The standard InChI is InChI=1S/C25H25NS/c1-26-21-13-14-22(26)16-20(15-21)23-10-4-3-8-19(23)17-27-25-12-6-9-18-7-2-5-11-24(18)25/h2-12,15,21-22H,13-14,16-17H2,1H3. The number of hydrogen-bond acceptors (Lipinski definition) is 2. The Morgan fingerprint density at radius 1 is 0.926 bits per heavy atom. The van der Waals surface area contributed by atoms with Crippen LogP contribution in [0, 0.1) is 0 Å². The molecule has 1 nitrogen and oxygen atoms in total. The quantitative estimate of drug-likeness (QED) is 0.489. The predicted molar refractivity (Wildman–Crippen MR) is 117 cm³/mol. The maximum Gasteiger partial charge on any atom is 0.0284 e. The molecule has 1 saturated heterocycles. The molecule has 3 aromatic carbocycles. The van der Waals surface area contributed by atoms with E-state index in [2.05, 4.69) is 84.8 Å². The molecule has 0 aromatic heterocycles. The summed E-state index contributed by atoms with van der Waals surface area (Å²) in [5, 5.41) is 2.68. The highest BCUT2D eigenvalue weighted by Crippen LogP contribution is 2.39. The molecule has 1 fully saturated rings. The second-order valence-electron chi connectivity index (χ2n) is 7.78. The minimum Gasteiger partial charge on any atom is -0.297 e. The monoisotopic (exact) mass is 371 g/mol. The van der Waals surface area contributed by atoms with Gasteiger partial charge in [-0.05, 0) is 59.8 Å². The zero-order valence-corrected chi connectivity index (χ0v) is 16.6. The lowest BCUT2D eigenvalue weighted by atomic mass is 9.92. The van der Waals surface area contributed by atoms with Crippen molar-refractivity contribution in [2.75, 3.05) is 7.05 Å². The van der Waals surface area contributed by atoms with E-state index in [1.165, 1.54) is 46.1 Å². The molecule has 3 aromatic rings. The highest BCUT2D eigenvalue weighted by atomic mass is 32.2. The lowest BCUT2D eigenvalue weighted by molar-refractivity contribution is 0.264. The van der Waals surface area contributed by atoms with Gasteiger partial charge in [0.2, 0.25) is 0 Å². The predicted octanol–water partition coefficient (Wildman–Crippen LogP) is 6.38. The second-order valence-corrected chi connectivity index (χ2v) is 8.80. The van der Waals surface area contributed by atoms with Gasteiger partial charge in [0, 0.05) is 22.7 Å². The van der Waals surface area contributed by atoms with E-state index in [9.17, 15) is 0 Å². The van der Waals surface area contributed by atoms with Crippen molar-refractivity contribution < 1.29 is 0 Å². The van der Waals surface area contributed by atoms with Crippen molar-refractivity contribution in [3.8, 4) is 0 Å². The molecule has 0 amide bonds. The second kappa shape index (κ2) is 7.18. The minimum absolute atomic E-state index is 0.637. The number of benzene rings is 3. The third-order valence-corrected chi connectivity index (χ3v) is 7.36. The molecule has 5 rings (SSSR count). The lowest BCUT2D eigenvalue weighted by Gasteiger charge is -2.31. The van der Waals surface area contributed by atoms with Crippen molar-refractivity contribution in [3.05, 3.63) is 83.9 Å². The van der Waals surface area contributed by atoms with E-state index in [1.807, 2.05) is 11.8 Å². The fourth-order valence-corrected chi connectivity index (χ4v) is 5.76. The van der Waals surface area contributed by atoms with Gasteiger partial charge in [-0.25, -0.2) is 0 Å². The first-order valence-electron chi connectivity index (χ1n) is 9.91. The SMILES string of the molecule is CN1C2C=C(c3ccccc3CSc3cccc4ccccc34)CC1CC2. The zero-order valence-electron chi connectivity index (χ0n) is 15.8. The van der Waals surface area contributed by atoms with Crippen LogP contribution in [0.15, 0.2) is 77.7 Å². The molecule has 2 aliphatic rings. The Kier molecular flexibility index (Phi) is 4.55. The molecule has 2 heteroatoms. The zero-order chi connectivity index (χ0) is 18.2. The number of likely N-dealkylation sites (N-methyl/N-ethyl adjacent to an activating group) is 1. The van der Waals surface area contributed by atoms with Crippen molar-refractivity contribution in [2.24, 2.45) is 0 Å². The maximum absolute atomic E-state index is 2.57. The normalized spacial score (nSPS) is 22.2. The average Bonchev–Trinajstić information content (AvgIpc) is 2.93. The molecule has 0 saturated carbocycles. The lowest BCUT2D eigenvalue weighted by Crippen LogP contribution is -2.34. The van der Waals surface area contributed by atoms with E-state index >= 15 is 0 Å². The Balaban J connectivity index is 1.43. The fourth-order valence-electron chi connectivity index (χ4n) is 4.68. The minimum atomic E-state index is 0.637. The fraction of sp³-hybridized carbons (Fsp3) is 0.280. The summed E-state index contributed by atoms with van der Waals surface area (Å²) in [6.07, 6.45) is 6.39. The van der Waals surface area contributed by atoms with Crippen molar-refractivity contribution >= 4 is 28.1 Å². The van der Waals surface area contributed by atoms with Gasteiger partial charge in [0.05, 0.1) is 0 Å². The smallest absolute Gasteiger partial charge is 0.0284 e. The van der Waals surface area contributed by atoms with Crippen LogP contribution in [0.4, 0.5) is 0 Å². The summed E-state index contributed by atoms with van der Waals surface area (Å²) in [5.74, 6) is 1.02. The molecule has 2 unspecified atom stereocenters. The number of hydrogen-bond donors (Lipinski definition) is 0. The first-order chi connectivity index (χ1) is 13.3. The molecule has 136 valence electrons. The van der Waals surface area contributed by atoms with Crippen LogP contribution < -0.4 is 0 Å². The summed E-state index contributed by atoms with van der Waals surface area (Å²) in [5.41, 5.74) is 4.50. The molecule has 2 heterocycles. The number of fused-ring (bicyclic) bond motifs is 3. The van der Waals surface area contributed by atoms with Crippen LogP contribution in [0.3, 0.4) is 0 Å². The molecular formula is C25H25NS. The van der Waals surface area contributed by atoms with E-state index in [0.29, 0.717) is 6.04 Å². The number of rotatable bonds is 4. The summed E-state index contributed by atoms with van der Waals surface area (Å²) in [6, 6.07) is 25.7. The van der Waals surface area contributed by atoms with Crippen LogP contribution in [0.2, 0.25) is 0 Å². The molecule has 0 aliphatic carbocycles. The van der Waals surface area contributed by atoms with Gasteiger partial charge in [0.15, 0.2) is 0 Å². The van der Waals surface area contributed by atoms with Gasteiger partial charge in [-0.2, -0.15) is 0 Å². The topological polar surface area (TPSA) is 3.24 Å². The van der Waals surface area contributed by atoms with Gasteiger partial charge in [0.1, 0.15) is 0 Å². The third kappa shape index (κ3) is 3.22. The highest BCUT2D eigenvalue weighted by molar-refractivity contribution is 7.98. The van der Waals surface area contributed by atoms with E-state index in [-0.39, 0.29) is 0 Å². The van der Waals surface area contributed by atoms with Gasteiger partial charge < -0.3 is 0 Å². The van der Waals surface area contributed by atoms with Gasteiger partial charge in [-0.3, -0.25) is 4.90 Å². The maximum atomic E-state index is 2.57. The van der Waals surface area contributed by atoms with Gasteiger partial charge in [-0.1, -0.05) is 66.7 Å². The number of nitrogens with zero attached hydrogens (tertiary/aromatic N) is 1. The van der Waals surface area contributed by atoms with Crippen LogP contribution in [-0.2, 0) is 5.75 Å². The van der Waals surface area contributed by atoms with Crippen LogP contribution in [-0.4, -0.2) is 24.0 Å². The summed E-state index contributed by atoms with van der Waals surface area (Å²) in [7, 11) is 2.29. The summed E-state index contributed by atoms with van der Waals surface area (Å²) >= 11 is 1.96. The highest BCUT2D eigenvalue weighted by Gasteiger charge is 2.34. The molecule has 2 atom stereocenters. The summed E-state index contributed by atoms with van der Waals surface area (Å²) in [4.78, 5) is 3.94. The van der Waals surface area contributed by atoms with Crippen molar-refractivity contribution in [1.29, 1.82) is 0 Å².